The van der Waals surface area contributed by atoms with Crippen molar-refractivity contribution in [1.29, 1.82) is 5.26 Å². The quantitative estimate of drug-likeness (QED) is 0.922. The van der Waals surface area contributed by atoms with Crippen molar-refractivity contribution in [3.05, 3.63) is 27.7 Å². The van der Waals surface area contributed by atoms with E-state index in [0.29, 0.717) is 17.3 Å². The molecule has 4 nitrogen and oxygen atoms in total. The number of halogens is 2. The lowest BCUT2D eigenvalue weighted by Crippen LogP contribution is -2.35. The van der Waals surface area contributed by atoms with Crippen molar-refractivity contribution in [2.45, 2.75) is 23.3 Å². The first-order valence-corrected chi connectivity index (χ1v) is 7.45. The molecule has 1 aromatic carbocycles. The smallest absolute Gasteiger partial charge is 0.207 e. The van der Waals surface area contributed by atoms with Crippen LogP contribution in [0.2, 0.25) is 5.02 Å². The van der Waals surface area contributed by atoms with Crippen molar-refractivity contribution in [2.75, 3.05) is 0 Å². The molecule has 90 valence electrons. The molecule has 0 bridgehead atoms. The van der Waals surface area contributed by atoms with Crippen LogP contribution in [0.15, 0.2) is 27.6 Å². The maximum absolute atomic E-state index is 12.1. The first kappa shape index (κ1) is 12.8. The van der Waals surface area contributed by atoms with Gasteiger partial charge in [-0.05, 0) is 40.9 Å². The number of nitrogens with one attached hydrogen (secondary N) is 1. The van der Waals surface area contributed by atoms with E-state index in [1.807, 2.05) is 6.07 Å². The minimum atomic E-state index is -3.78. The van der Waals surface area contributed by atoms with Gasteiger partial charge < -0.3 is 0 Å². The second-order valence-electron chi connectivity index (χ2n) is 3.85. The van der Waals surface area contributed by atoms with Crippen LogP contribution in [0.3, 0.4) is 0 Å². The second kappa shape index (κ2) is 4.25. The van der Waals surface area contributed by atoms with Crippen LogP contribution in [0.25, 0.3) is 0 Å². The van der Waals surface area contributed by atoms with Crippen LogP contribution in [0.4, 0.5) is 0 Å². The number of hydrogen-bond acceptors (Lipinski definition) is 3. The molecule has 1 aliphatic carbocycles. The average molecular weight is 336 g/mol. The fourth-order valence-corrected chi connectivity index (χ4v) is 4.52. The van der Waals surface area contributed by atoms with Gasteiger partial charge in [-0.2, -0.15) is 9.98 Å². The van der Waals surface area contributed by atoms with Gasteiger partial charge in [0.2, 0.25) is 10.0 Å². The zero-order valence-corrected chi connectivity index (χ0v) is 11.7. The van der Waals surface area contributed by atoms with Crippen molar-refractivity contribution < 1.29 is 8.42 Å². The number of rotatable bonds is 3. The molecule has 1 N–H and O–H groups in total. The number of nitriles is 1. The Morgan fingerprint density at radius 2 is 2.12 bits per heavy atom. The zero-order chi connectivity index (χ0) is 12.7. The molecule has 1 fully saturated rings. The minimum Gasteiger partial charge on any atom is -0.207 e. The van der Waals surface area contributed by atoms with E-state index >= 15 is 0 Å². The van der Waals surface area contributed by atoms with E-state index in [0.717, 1.165) is 0 Å². The Morgan fingerprint density at radius 3 is 2.59 bits per heavy atom. The summed E-state index contributed by atoms with van der Waals surface area (Å²) in [6, 6.07) is 6.69. The minimum absolute atomic E-state index is 0.0248. The average Bonchev–Trinajstić information content (AvgIpc) is 2.97. The maximum Gasteiger partial charge on any atom is 0.244 e. The molecule has 17 heavy (non-hydrogen) atoms. The molecule has 0 radical (unpaired) electrons. The molecule has 1 saturated carbocycles. The largest absolute Gasteiger partial charge is 0.244 e. The summed E-state index contributed by atoms with van der Waals surface area (Å²) in [5.41, 5.74) is -0.947. The van der Waals surface area contributed by atoms with Gasteiger partial charge in [0.05, 0.1) is 11.1 Å². The van der Waals surface area contributed by atoms with E-state index in [9.17, 15) is 8.42 Å². The highest BCUT2D eigenvalue weighted by Crippen LogP contribution is 2.38. The molecule has 1 aromatic rings. The lowest BCUT2D eigenvalue weighted by molar-refractivity contribution is 0.570. The van der Waals surface area contributed by atoms with Gasteiger partial charge in [-0.15, -0.1) is 0 Å². The van der Waals surface area contributed by atoms with Crippen molar-refractivity contribution in [2.24, 2.45) is 0 Å². The van der Waals surface area contributed by atoms with Gasteiger partial charge in [-0.1, -0.05) is 17.7 Å². The van der Waals surface area contributed by atoms with Crippen molar-refractivity contribution in [1.82, 2.24) is 4.72 Å². The summed E-state index contributed by atoms with van der Waals surface area (Å²) in [6.45, 7) is 0. The maximum atomic E-state index is 12.1. The monoisotopic (exact) mass is 334 g/mol. The summed E-state index contributed by atoms with van der Waals surface area (Å²) in [5.74, 6) is 0. The predicted octanol–water partition coefficient (Wildman–Crippen LogP) is 2.44. The summed E-state index contributed by atoms with van der Waals surface area (Å²) >= 11 is 9.02. The SMILES string of the molecule is N#CC1(NS(=O)(=O)c2c(Cl)cccc2Br)CC1. The van der Waals surface area contributed by atoms with Gasteiger partial charge in [0, 0.05) is 4.47 Å². The first-order chi connectivity index (χ1) is 7.90. The molecular weight excluding hydrogens is 328 g/mol. The zero-order valence-electron chi connectivity index (χ0n) is 8.57. The Hall–Kier alpha value is -0.610. The molecule has 0 heterocycles. The molecule has 2 rings (SSSR count). The van der Waals surface area contributed by atoms with E-state index in [1.165, 1.54) is 6.07 Å². The number of sulfonamides is 1. The Kier molecular flexibility index (Phi) is 3.21. The summed E-state index contributed by atoms with van der Waals surface area (Å²) in [6.07, 6.45) is 1.07. The highest BCUT2D eigenvalue weighted by Gasteiger charge is 2.47. The highest BCUT2D eigenvalue weighted by atomic mass is 79.9. The van der Waals surface area contributed by atoms with E-state index in [4.69, 9.17) is 16.9 Å². The third-order valence-electron chi connectivity index (χ3n) is 2.48. The second-order valence-corrected chi connectivity index (χ2v) is 6.73. The standard InChI is InChI=1S/C10H8BrClN2O2S/c11-7-2-1-3-8(12)9(7)17(15,16)14-10(6-13)4-5-10/h1-3,14H,4-5H2. The van der Waals surface area contributed by atoms with Crippen LogP contribution in [0, 0.1) is 11.3 Å². The van der Waals surface area contributed by atoms with Gasteiger partial charge in [-0.25, -0.2) is 8.42 Å². The van der Waals surface area contributed by atoms with Crippen LogP contribution < -0.4 is 4.72 Å². The summed E-state index contributed by atoms with van der Waals surface area (Å²) < 4.78 is 27.0. The lowest BCUT2D eigenvalue weighted by Gasteiger charge is -2.12. The van der Waals surface area contributed by atoms with E-state index < -0.39 is 15.6 Å². The van der Waals surface area contributed by atoms with Crippen LogP contribution in [-0.4, -0.2) is 14.0 Å². The molecular formula is C10H8BrClN2O2S. The van der Waals surface area contributed by atoms with Gasteiger partial charge in [0.1, 0.15) is 10.4 Å². The number of benzene rings is 1. The Morgan fingerprint density at radius 1 is 1.47 bits per heavy atom. The summed E-state index contributed by atoms with van der Waals surface area (Å²) in [5, 5.41) is 9.01. The number of nitrogens with zero attached hydrogens (tertiary/aromatic N) is 1. The molecule has 0 saturated heterocycles. The van der Waals surface area contributed by atoms with Gasteiger partial charge >= 0.3 is 0 Å². The summed E-state index contributed by atoms with van der Waals surface area (Å²) in [7, 11) is -3.78. The third kappa shape index (κ3) is 2.47. The Bertz CT molecular complexity index is 585. The normalized spacial score (nSPS) is 17.5. The molecule has 0 amide bonds. The Labute approximate surface area is 113 Å². The highest BCUT2D eigenvalue weighted by molar-refractivity contribution is 9.10. The van der Waals surface area contributed by atoms with Crippen LogP contribution in [-0.2, 0) is 10.0 Å². The van der Waals surface area contributed by atoms with Crippen molar-refractivity contribution >= 4 is 37.6 Å². The van der Waals surface area contributed by atoms with Crippen LogP contribution in [0.1, 0.15) is 12.8 Å². The van der Waals surface area contributed by atoms with Crippen molar-refractivity contribution in [3.63, 3.8) is 0 Å². The molecule has 0 aliphatic heterocycles. The van der Waals surface area contributed by atoms with E-state index in [2.05, 4.69) is 20.7 Å². The molecule has 1 aliphatic rings. The van der Waals surface area contributed by atoms with E-state index in [1.54, 1.807) is 12.1 Å². The Balaban J connectivity index is 2.43. The molecule has 0 unspecified atom stereocenters. The predicted molar refractivity (Wildman–Crippen MR) is 67.1 cm³/mol. The lowest BCUT2D eigenvalue weighted by atomic mass is 10.3. The molecule has 0 aromatic heterocycles. The third-order valence-corrected chi connectivity index (χ3v) is 5.47. The first-order valence-electron chi connectivity index (χ1n) is 4.79. The van der Waals surface area contributed by atoms with Crippen LogP contribution in [0.5, 0.6) is 0 Å². The van der Waals surface area contributed by atoms with Crippen molar-refractivity contribution in [3.8, 4) is 6.07 Å². The molecule has 7 heteroatoms. The fraction of sp³-hybridized carbons (Fsp3) is 0.300. The van der Waals surface area contributed by atoms with Gasteiger partial charge in [0.15, 0.2) is 0 Å². The molecule has 0 atom stereocenters. The number of hydrogen-bond donors (Lipinski definition) is 1. The van der Waals surface area contributed by atoms with Crippen LogP contribution >= 0.6 is 27.5 Å². The van der Waals surface area contributed by atoms with Gasteiger partial charge in [0.25, 0.3) is 0 Å². The fourth-order valence-electron chi connectivity index (χ4n) is 1.41. The topological polar surface area (TPSA) is 70.0 Å². The summed E-state index contributed by atoms with van der Waals surface area (Å²) in [4.78, 5) is -0.0248. The van der Waals surface area contributed by atoms with Gasteiger partial charge in [-0.3, -0.25) is 0 Å². The van der Waals surface area contributed by atoms with E-state index in [-0.39, 0.29) is 9.92 Å². The molecule has 0 spiro atoms.